The molecule has 9 heteroatoms. The molecule has 4 heterocycles. The molecule has 29 heavy (non-hydrogen) atoms. The molecular formula is C20H19FN6OS. The molecular weight excluding hydrogens is 391 g/mol. The van der Waals surface area contributed by atoms with Crippen LogP contribution in [-0.4, -0.2) is 36.9 Å². The van der Waals surface area contributed by atoms with Crippen LogP contribution >= 0.6 is 11.3 Å². The van der Waals surface area contributed by atoms with E-state index in [1.54, 1.807) is 39.4 Å². The number of rotatable bonds is 5. The van der Waals surface area contributed by atoms with Crippen LogP contribution in [0, 0.1) is 5.82 Å². The van der Waals surface area contributed by atoms with Crippen molar-refractivity contribution in [1.29, 1.82) is 0 Å². The second-order valence-electron chi connectivity index (χ2n) is 7.16. The number of benzene rings is 1. The van der Waals surface area contributed by atoms with Crippen LogP contribution in [0.25, 0.3) is 0 Å². The first-order valence-electron chi connectivity index (χ1n) is 9.36. The zero-order valence-electron chi connectivity index (χ0n) is 15.5. The van der Waals surface area contributed by atoms with Gasteiger partial charge < -0.3 is 9.91 Å². The summed E-state index contributed by atoms with van der Waals surface area (Å²) in [6.07, 6.45) is 6.19. The topological polar surface area (TPSA) is 66.3 Å². The lowest BCUT2D eigenvalue weighted by atomic mass is 10.1. The first-order chi connectivity index (χ1) is 14.2. The van der Waals surface area contributed by atoms with Crippen molar-refractivity contribution < 1.29 is 9.18 Å². The Bertz CT molecular complexity index is 1050. The summed E-state index contributed by atoms with van der Waals surface area (Å²) in [6, 6.07) is 10.4. The summed E-state index contributed by atoms with van der Waals surface area (Å²) in [5.41, 5.74) is 4.89. The van der Waals surface area contributed by atoms with Crippen molar-refractivity contribution in [3.8, 4) is 0 Å². The average molecular weight is 410 g/mol. The number of nitrogens with one attached hydrogen (secondary N) is 1. The van der Waals surface area contributed by atoms with Crippen LogP contribution in [0.2, 0.25) is 0 Å². The minimum atomic E-state index is -0.275. The number of halogens is 1. The molecule has 1 amide bonds. The standard InChI is InChI=1S/C20H19FN6OS/c21-15-4-1-3-14(9-15)11-26-13-16(22-24-26)12-25-6-7-27-18(20(25)28)10-17(23-27)19-5-2-8-29-19/h1-9,13,17-18,23H,10-12H2. The molecule has 2 unspecified atom stereocenters. The first-order valence-corrected chi connectivity index (χ1v) is 10.2. The second-order valence-corrected chi connectivity index (χ2v) is 8.14. The highest BCUT2D eigenvalue weighted by Crippen LogP contribution is 2.33. The van der Waals surface area contributed by atoms with Gasteiger partial charge in [-0.3, -0.25) is 4.79 Å². The molecule has 1 fully saturated rings. The lowest BCUT2D eigenvalue weighted by Crippen LogP contribution is -2.47. The van der Waals surface area contributed by atoms with Crippen molar-refractivity contribution >= 4 is 17.2 Å². The number of thiophene rings is 1. The van der Waals surface area contributed by atoms with Crippen molar-refractivity contribution in [3.05, 3.63) is 82.3 Å². The minimum Gasteiger partial charge on any atom is -0.310 e. The molecule has 2 aromatic heterocycles. The quantitative estimate of drug-likeness (QED) is 0.701. The van der Waals surface area contributed by atoms with Gasteiger partial charge in [0.1, 0.15) is 17.6 Å². The van der Waals surface area contributed by atoms with Gasteiger partial charge in [-0.2, -0.15) is 0 Å². The van der Waals surface area contributed by atoms with Crippen LogP contribution in [0.3, 0.4) is 0 Å². The lowest BCUT2D eigenvalue weighted by molar-refractivity contribution is -0.135. The molecule has 1 N–H and O–H groups in total. The number of carbonyl (C=O) groups is 1. The Hall–Kier alpha value is -3.04. The van der Waals surface area contributed by atoms with Gasteiger partial charge in [0, 0.05) is 23.7 Å². The Morgan fingerprint density at radius 1 is 1.21 bits per heavy atom. The van der Waals surface area contributed by atoms with Crippen molar-refractivity contribution in [2.24, 2.45) is 0 Å². The van der Waals surface area contributed by atoms with Gasteiger partial charge >= 0.3 is 0 Å². The van der Waals surface area contributed by atoms with Gasteiger partial charge in [-0.15, -0.1) is 16.4 Å². The fourth-order valence-electron chi connectivity index (χ4n) is 3.73. The van der Waals surface area contributed by atoms with Gasteiger partial charge in [0.2, 0.25) is 0 Å². The van der Waals surface area contributed by atoms with E-state index >= 15 is 0 Å². The van der Waals surface area contributed by atoms with Crippen molar-refractivity contribution in [3.63, 3.8) is 0 Å². The summed E-state index contributed by atoms with van der Waals surface area (Å²) in [6.45, 7) is 0.782. The average Bonchev–Trinajstić information content (AvgIpc) is 3.44. The number of nitrogens with zero attached hydrogens (tertiary/aromatic N) is 5. The fraction of sp³-hybridized carbons (Fsp3) is 0.250. The van der Waals surface area contributed by atoms with Crippen molar-refractivity contribution in [2.75, 3.05) is 0 Å². The van der Waals surface area contributed by atoms with E-state index in [4.69, 9.17) is 0 Å². The van der Waals surface area contributed by atoms with Crippen LogP contribution in [0.5, 0.6) is 0 Å². The first kappa shape index (κ1) is 18.0. The molecule has 1 aromatic carbocycles. The molecule has 7 nitrogen and oxygen atoms in total. The summed E-state index contributed by atoms with van der Waals surface area (Å²) < 4.78 is 15.0. The third-order valence-corrected chi connectivity index (χ3v) is 6.10. The van der Waals surface area contributed by atoms with E-state index in [0.29, 0.717) is 18.8 Å². The Kier molecular flexibility index (Phi) is 4.61. The SMILES string of the molecule is O=C1C2CC(c3cccs3)NN2C=CN1Cc1cn(Cc2cccc(F)c2)nn1. The van der Waals surface area contributed by atoms with Gasteiger partial charge in [0.25, 0.3) is 5.91 Å². The lowest BCUT2D eigenvalue weighted by Gasteiger charge is -2.31. The molecule has 0 aliphatic carbocycles. The van der Waals surface area contributed by atoms with Crippen LogP contribution < -0.4 is 5.43 Å². The van der Waals surface area contributed by atoms with Crippen molar-refractivity contribution in [2.45, 2.75) is 31.6 Å². The van der Waals surface area contributed by atoms with E-state index in [1.807, 2.05) is 28.7 Å². The normalized spacial score (nSPS) is 21.1. The molecule has 1 saturated heterocycles. The summed E-state index contributed by atoms with van der Waals surface area (Å²) in [5.74, 6) is -0.235. The highest BCUT2D eigenvalue weighted by Gasteiger charge is 2.40. The monoisotopic (exact) mass is 410 g/mol. The molecule has 5 rings (SSSR count). The fourth-order valence-corrected chi connectivity index (χ4v) is 4.51. The Balaban J connectivity index is 1.24. The van der Waals surface area contributed by atoms with Gasteiger partial charge in [-0.1, -0.05) is 23.4 Å². The summed E-state index contributed by atoms with van der Waals surface area (Å²) >= 11 is 1.69. The Morgan fingerprint density at radius 2 is 2.14 bits per heavy atom. The number of aromatic nitrogens is 3. The number of hydrogen-bond donors (Lipinski definition) is 1. The predicted molar refractivity (Wildman–Crippen MR) is 106 cm³/mol. The third-order valence-electron chi connectivity index (χ3n) is 5.11. The molecule has 0 bridgehead atoms. The minimum absolute atomic E-state index is 0.0405. The van der Waals surface area contributed by atoms with E-state index in [2.05, 4.69) is 21.8 Å². The van der Waals surface area contributed by atoms with Gasteiger partial charge in [0.05, 0.1) is 25.3 Å². The molecule has 148 valence electrons. The van der Waals surface area contributed by atoms with Gasteiger partial charge in [0.15, 0.2) is 0 Å². The zero-order valence-corrected chi connectivity index (χ0v) is 16.3. The van der Waals surface area contributed by atoms with Gasteiger partial charge in [-0.05, 0) is 29.1 Å². The summed E-state index contributed by atoms with van der Waals surface area (Å²) in [7, 11) is 0. The van der Waals surface area contributed by atoms with E-state index in [1.165, 1.54) is 17.0 Å². The molecule has 2 aliphatic heterocycles. The van der Waals surface area contributed by atoms with E-state index in [0.717, 1.165) is 12.0 Å². The second kappa shape index (κ2) is 7.41. The molecule has 2 atom stereocenters. The zero-order chi connectivity index (χ0) is 19.8. The maximum Gasteiger partial charge on any atom is 0.251 e. The Labute approximate surface area is 171 Å². The Morgan fingerprint density at radius 3 is 2.97 bits per heavy atom. The summed E-state index contributed by atoms with van der Waals surface area (Å²) in [4.78, 5) is 15.9. The van der Waals surface area contributed by atoms with Crippen LogP contribution in [-0.2, 0) is 17.9 Å². The molecule has 0 radical (unpaired) electrons. The van der Waals surface area contributed by atoms with E-state index < -0.39 is 0 Å². The smallest absolute Gasteiger partial charge is 0.251 e. The molecule has 0 spiro atoms. The molecule has 3 aromatic rings. The van der Waals surface area contributed by atoms with Crippen LogP contribution in [0.4, 0.5) is 4.39 Å². The van der Waals surface area contributed by atoms with E-state index in [-0.39, 0.29) is 23.8 Å². The largest absolute Gasteiger partial charge is 0.310 e. The van der Waals surface area contributed by atoms with Gasteiger partial charge in [-0.25, -0.2) is 14.5 Å². The maximum absolute atomic E-state index is 13.3. The number of amides is 1. The van der Waals surface area contributed by atoms with Crippen LogP contribution in [0.1, 0.15) is 28.6 Å². The number of fused-ring (bicyclic) bond motifs is 1. The molecule has 2 aliphatic rings. The van der Waals surface area contributed by atoms with E-state index in [9.17, 15) is 9.18 Å². The highest BCUT2D eigenvalue weighted by atomic mass is 32.1. The van der Waals surface area contributed by atoms with Crippen LogP contribution in [0.15, 0.2) is 60.4 Å². The maximum atomic E-state index is 13.3. The molecule has 0 saturated carbocycles. The highest BCUT2D eigenvalue weighted by molar-refractivity contribution is 7.10. The number of hydrogen-bond acceptors (Lipinski definition) is 6. The number of carbonyl (C=O) groups excluding carboxylic acids is 1. The number of hydrazine groups is 1. The summed E-state index contributed by atoms with van der Waals surface area (Å²) in [5, 5.41) is 12.2. The predicted octanol–water partition coefficient (Wildman–Crippen LogP) is 2.66. The van der Waals surface area contributed by atoms with Crippen molar-refractivity contribution in [1.82, 2.24) is 30.3 Å². The third kappa shape index (κ3) is 3.66.